The van der Waals surface area contributed by atoms with Crippen LogP contribution in [0.2, 0.25) is 0 Å². The Hall–Kier alpha value is -1.55. The first-order valence-electron chi connectivity index (χ1n) is 4.79. The average Bonchev–Trinajstić information content (AvgIpc) is 2.18. The Bertz CT molecular complexity index is 351. The Morgan fingerprint density at radius 3 is 2.47 bits per heavy atom. The van der Waals surface area contributed by atoms with Gasteiger partial charge in [0.25, 0.3) is 0 Å². The van der Waals surface area contributed by atoms with Crippen molar-refractivity contribution in [3.05, 3.63) is 29.8 Å². The number of benzene rings is 1. The molecule has 0 aliphatic rings. The monoisotopic (exact) mass is 209 g/mol. The number of para-hydroxylation sites is 1. The van der Waals surface area contributed by atoms with Gasteiger partial charge >= 0.3 is 5.97 Å². The largest absolute Gasteiger partial charge is 0.508 e. The lowest BCUT2D eigenvalue weighted by molar-refractivity contribution is -0.139. The van der Waals surface area contributed by atoms with Crippen LogP contribution in [-0.2, 0) is 4.79 Å². The molecule has 0 spiro atoms. The SMILES string of the molecule is CC(NC(C)c1ccccc1O)C(=O)O. The molecule has 2 unspecified atom stereocenters. The maximum absolute atomic E-state index is 10.6. The van der Waals surface area contributed by atoms with Gasteiger partial charge in [0.15, 0.2) is 0 Å². The molecule has 15 heavy (non-hydrogen) atoms. The second-order valence-corrected chi connectivity index (χ2v) is 3.51. The maximum Gasteiger partial charge on any atom is 0.320 e. The normalized spacial score (nSPS) is 14.5. The zero-order valence-corrected chi connectivity index (χ0v) is 8.77. The van der Waals surface area contributed by atoms with Gasteiger partial charge in [-0.2, -0.15) is 0 Å². The maximum atomic E-state index is 10.6. The number of hydrogen-bond donors (Lipinski definition) is 3. The van der Waals surface area contributed by atoms with Crippen molar-refractivity contribution in [2.24, 2.45) is 0 Å². The first kappa shape index (κ1) is 11.5. The van der Waals surface area contributed by atoms with Gasteiger partial charge in [0.05, 0.1) is 0 Å². The molecule has 0 aliphatic heterocycles. The van der Waals surface area contributed by atoms with Gasteiger partial charge in [-0.25, -0.2) is 0 Å². The number of carbonyl (C=O) groups is 1. The third-order valence-electron chi connectivity index (χ3n) is 2.27. The van der Waals surface area contributed by atoms with E-state index in [2.05, 4.69) is 5.32 Å². The van der Waals surface area contributed by atoms with Crippen LogP contribution < -0.4 is 5.32 Å². The average molecular weight is 209 g/mol. The molecule has 0 bridgehead atoms. The summed E-state index contributed by atoms with van der Waals surface area (Å²) < 4.78 is 0. The van der Waals surface area contributed by atoms with Crippen molar-refractivity contribution in [1.29, 1.82) is 0 Å². The first-order chi connectivity index (χ1) is 7.02. The van der Waals surface area contributed by atoms with E-state index in [1.807, 2.05) is 6.92 Å². The zero-order valence-electron chi connectivity index (χ0n) is 8.77. The van der Waals surface area contributed by atoms with E-state index in [0.29, 0.717) is 5.56 Å². The molecule has 2 atom stereocenters. The molecular formula is C11H15NO3. The standard InChI is InChI=1S/C11H15NO3/c1-7(12-8(2)11(14)15)9-5-3-4-6-10(9)13/h3-8,12-13H,1-2H3,(H,14,15). The highest BCUT2D eigenvalue weighted by atomic mass is 16.4. The van der Waals surface area contributed by atoms with Gasteiger partial charge in [-0.1, -0.05) is 18.2 Å². The van der Waals surface area contributed by atoms with E-state index >= 15 is 0 Å². The molecule has 4 heteroatoms. The van der Waals surface area contributed by atoms with E-state index in [-0.39, 0.29) is 11.8 Å². The number of aliphatic carboxylic acids is 1. The second-order valence-electron chi connectivity index (χ2n) is 3.51. The van der Waals surface area contributed by atoms with E-state index in [9.17, 15) is 9.90 Å². The molecule has 1 aromatic rings. The van der Waals surface area contributed by atoms with Gasteiger partial charge in [-0.05, 0) is 19.9 Å². The van der Waals surface area contributed by atoms with Crippen molar-refractivity contribution in [1.82, 2.24) is 5.32 Å². The minimum Gasteiger partial charge on any atom is -0.508 e. The van der Waals surface area contributed by atoms with E-state index in [0.717, 1.165) is 0 Å². The summed E-state index contributed by atoms with van der Waals surface area (Å²) in [6.07, 6.45) is 0. The smallest absolute Gasteiger partial charge is 0.320 e. The number of nitrogens with one attached hydrogen (secondary N) is 1. The fraction of sp³-hybridized carbons (Fsp3) is 0.364. The summed E-state index contributed by atoms with van der Waals surface area (Å²) in [4.78, 5) is 10.6. The van der Waals surface area contributed by atoms with E-state index < -0.39 is 12.0 Å². The molecular weight excluding hydrogens is 194 g/mol. The van der Waals surface area contributed by atoms with Gasteiger partial charge in [0.1, 0.15) is 11.8 Å². The summed E-state index contributed by atoms with van der Waals surface area (Å²) in [6, 6.07) is 6.04. The minimum atomic E-state index is -0.905. The summed E-state index contributed by atoms with van der Waals surface area (Å²) in [6.45, 7) is 3.38. The molecule has 3 N–H and O–H groups in total. The van der Waals surface area contributed by atoms with Crippen LogP contribution in [0.5, 0.6) is 5.75 Å². The van der Waals surface area contributed by atoms with Crippen LogP contribution in [0.4, 0.5) is 0 Å². The van der Waals surface area contributed by atoms with Crippen LogP contribution in [0.15, 0.2) is 24.3 Å². The van der Waals surface area contributed by atoms with E-state index in [1.165, 1.54) is 0 Å². The van der Waals surface area contributed by atoms with Crippen LogP contribution >= 0.6 is 0 Å². The van der Waals surface area contributed by atoms with Crippen molar-refractivity contribution in [2.45, 2.75) is 25.9 Å². The van der Waals surface area contributed by atoms with Gasteiger partial charge < -0.3 is 10.2 Å². The van der Waals surface area contributed by atoms with Crippen molar-refractivity contribution in [3.63, 3.8) is 0 Å². The van der Waals surface area contributed by atoms with Crippen LogP contribution in [0.3, 0.4) is 0 Å². The third kappa shape index (κ3) is 2.95. The molecule has 0 aliphatic carbocycles. The Labute approximate surface area is 88.6 Å². The fourth-order valence-electron chi connectivity index (χ4n) is 1.39. The molecule has 0 fully saturated rings. The van der Waals surface area contributed by atoms with Crippen LogP contribution in [-0.4, -0.2) is 22.2 Å². The summed E-state index contributed by atoms with van der Waals surface area (Å²) in [5, 5.41) is 21.1. The molecule has 0 saturated carbocycles. The van der Waals surface area contributed by atoms with E-state index in [1.54, 1.807) is 31.2 Å². The van der Waals surface area contributed by atoms with Crippen LogP contribution in [0.1, 0.15) is 25.5 Å². The number of carboxylic acids is 1. The molecule has 82 valence electrons. The lowest BCUT2D eigenvalue weighted by atomic mass is 10.1. The zero-order chi connectivity index (χ0) is 11.4. The lowest BCUT2D eigenvalue weighted by Crippen LogP contribution is -2.35. The van der Waals surface area contributed by atoms with E-state index in [4.69, 9.17) is 5.11 Å². The van der Waals surface area contributed by atoms with Crippen molar-refractivity contribution >= 4 is 5.97 Å². The molecule has 4 nitrogen and oxygen atoms in total. The minimum absolute atomic E-state index is 0.176. The Morgan fingerprint density at radius 2 is 1.93 bits per heavy atom. The predicted octanol–water partition coefficient (Wildman–Crippen LogP) is 1.52. The molecule has 1 rings (SSSR count). The molecule has 1 aromatic carbocycles. The molecule has 0 heterocycles. The Morgan fingerprint density at radius 1 is 1.33 bits per heavy atom. The highest BCUT2D eigenvalue weighted by Gasteiger charge is 2.16. The molecule has 0 aromatic heterocycles. The number of rotatable bonds is 4. The molecule has 0 radical (unpaired) electrons. The number of carboxylic acid groups (broad SMARTS) is 1. The number of hydrogen-bond acceptors (Lipinski definition) is 3. The van der Waals surface area contributed by atoms with Crippen molar-refractivity contribution < 1.29 is 15.0 Å². The summed E-state index contributed by atoms with van der Waals surface area (Å²) in [5.74, 6) is -0.729. The Balaban J connectivity index is 2.73. The Kier molecular flexibility index (Phi) is 3.68. The quantitative estimate of drug-likeness (QED) is 0.703. The highest BCUT2D eigenvalue weighted by molar-refractivity contribution is 5.72. The number of aromatic hydroxyl groups is 1. The lowest BCUT2D eigenvalue weighted by Gasteiger charge is -2.18. The van der Waals surface area contributed by atoms with Gasteiger partial charge in [0, 0.05) is 11.6 Å². The van der Waals surface area contributed by atoms with Gasteiger partial charge in [-0.15, -0.1) is 0 Å². The first-order valence-corrected chi connectivity index (χ1v) is 4.79. The summed E-state index contributed by atoms with van der Waals surface area (Å²) in [5.41, 5.74) is 0.700. The molecule has 0 amide bonds. The topological polar surface area (TPSA) is 69.6 Å². The van der Waals surface area contributed by atoms with Crippen molar-refractivity contribution in [2.75, 3.05) is 0 Å². The predicted molar refractivity (Wildman–Crippen MR) is 56.8 cm³/mol. The number of phenols is 1. The second kappa shape index (κ2) is 4.79. The van der Waals surface area contributed by atoms with Gasteiger partial charge in [-0.3, -0.25) is 10.1 Å². The highest BCUT2D eigenvalue weighted by Crippen LogP contribution is 2.23. The van der Waals surface area contributed by atoms with Gasteiger partial charge in [0.2, 0.25) is 0 Å². The summed E-state index contributed by atoms with van der Waals surface area (Å²) in [7, 11) is 0. The molecule has 0 saturated heterocycles. The fourth-order valence-corrected chi connectivity index (χ4v) is 1.39. The van der Waals surface area contributed by atoms with Crippen molar-refractivity contribution in [3.8, 4) is 5.75 Å². The summed E-state index contributed by atoms with van der Waals surface area (Å²) >= 11 is 0. The number of phenolic OH excluding ortho intramolecular Hbond substituents is 1. The van der Waals surface area contributed by atoms with Crippen LogP contribution in [0.25, 0.3) is 0 Å². The van der Waals surface area contributed by atoms with Crippen LogP contribution in [0, 0.1) is 0 Å². The third-order valence-corrected chi connectivity index (χ3v) is 2.27.